The van der Waals surface area contributed by atoms with Crippen molar-refractivity contribution in [2.45, 2.75) is 39.3 Å². The average Bonchev–Trinajstić information content (AvgIpc) is 2.82. The molecule has 2 rings (SSSR count). The molecule has 3 nitrogen and oxygen atoms in total. The molecule has 1 aromatic rings. The zero-order valence-corrected chi connectivity index (χ0v) is 11.1. The minimum absolute atomic E-state index is 0.387. The second-order valence-corrected chi connectivity index (χ2v) is 5.39. The molecule has 0 saturated carbocycles. The Morgan fingerprint density at radius 2 is 2.29 bits per heavy atom. The minimum atomic E-state index is 0.387. The van der Waals surface area contributed by atoms with Gasteiger partial charge in [-0.2, -0.15) is 0 Å². The molecule has 2 heterocycles. The van der Waals surface area contributed by atoms with Gasteiger partial charge in [-0.25, -0.2) is 0 Å². The van der Waals surface area contributed by atoms with Gasteiger partial charge in [0.2, 0.25) is 0 Å². The predicted molar refractivity (Wildman–Crippen MR) is 69.9 cm³/mol. The summed E-state index contributed by atoms with van der Waals surface area (Å²) in [7, 11) is 0. The highest BCUT2D eigenvalue weighted by Gasteiger charge is 2.22. The summed E-state index contributed by atoms with van der Waals surface area (Å²) >= 11 is 0. The van der Waals surface area contributed by atoms with Crippen molar-refractivity contribution in [1.29, 1.82) is 0 Å². The van der Waals surface area contributed by atoms with Crippen LogP contribution in [0.15, 0.2) is 22.8 Å². The zero-order valence-electron chi connectivity index (χ0n) is 11.1. The molecule has 1 aliphatic heterocycles. The van der Waals surface area contributed by atoms with Gasteiger partial charge in [0, 0.05) is 19.1 Å². The van der Waals surface area contributed by atoms with Crippen LogP contribution >= 0.6 is 0 Å². The lowest BCUT2D eigenvalue weighted by molar-refractivity contribution is 0.142. The molecule has 3 atom stereocenters. The molecule has 3 unspecified atom stereocenters. The topological polar surface area (TPSA) is 28.4 Å². The molecular formula is C14H24N2O. The van der Waals surface area contributed by atoms with E-state index in [0.29, 0.717) is 18.0 Å². The number of hydrogen-bond donors (Lipinski definition) is 1. The number of nitrogens with one attached hydrogen (secondary N) is 1. The van der Waals surface area contributed by atoms with Crippen molar-refractivity contribution in [2.75, 3.05) is 19.6 Å². The zero-order chi connectivity index (χ0) is 12.3. The van der Waals surface area contributed by atoms with E-state index in [4.69, 9.17) is 4.42 Å². The van der Waals surface area contributed by atoms with Crippen LogP contribution in [0.1, 0.15) is 39.0 Å². The van der Waals surface area contributed by atoms with E-state index in [9.17, 15) is 0 Å². The molecule has 3 heteroatoms. The van der Waals surface area contributed by atoms with E-state index < -0.39 is 0 Å². The standard InChI is InChI=1S/C14H24N2O/c1-11-9-15-12(2)6-7-16(10-11)13(3)14-5-4-8-17-14/h4-5,8,11-13,15H,6-7,9-10H2,1-3H3. The summed E-state index contributed by atoms with van der Waals surface area (Å²) in [5.74, 6) is 1.77. The molecule has 0 spiro atoms. The Balaban J connectivity index is 2.02. The first-order valence-corrected chi connectivity index (χ1v) is 6.67. The third-order valence-corrected chi connectivity index (χ3v) is 3.71. The Kier molecular flexibility index (Phi) is 4.24. The molecule has 0 radical (unpaired) electrons. The van der Waals surface area contributed by atoms with Crippen molar-refractivity contribution >= 4 is 0 Å². The third-order valence-electron chi connectivity index (χ3n) is 3.71. The highest BCUT2D eigenvalue weighted by Crippen LogP contribution is 2.23. The van der Waals surface area contributed by atoms with Gasteiger partial charge in [0.25, 0.3) is 0 Å². The van der Waals surface area contributed by atoms with Crippen LogP contribution in [-0.4, -0.2) is 30.6 Å². The van der Waals surface area contributed by atoms with Crippen LogP contribution in [-0.2, 0) is 0 Å². The van der Waals surface area contributed by atoms with E-state index in [-0.39, 0.29) is 0 Å². The van der Waals surface area contributed by atoms with Gasteiger partial charge in [0.05, 0.1) is 12.3 Å². The highest BCUT2D eigenvalue weighted by atomic mass is 16.3. The fourth-order valence-electron chi connectivity index (χ4n) is 2.48. The van der Waals surface area contributed by atoms with Crippen LogP contribution in [0.25, 0.3) is 0 Å². The molecule has 1 aromatic heterocycles. The number of nitrogens with zero attached hydrogens (tertiary/aromatic N) is 1. The molecule has 17 heavy (non-hydrogen) atoms. The maximum atomic E-state index is 5.53. The monoisotopic (exact) mass is 236 g/mol. The van der Waals surface area contributed by atoms with E-state index in [1.165, 1.54) is 6.42 Å². The SMILES string of the molecule is CC1CNC(C)CCN(C(C)c2ccco2)C1. The van der Waals surface area contributed by atoms with Crippen molar-refractivity contribution in [3.05, 3.63) is 24.2 Å². The van der Waals surface area contributed by atoms with E-state index in [0.717, 1.165) is 25.4 Å². The highest BCUT2D eigenvalue weighted by molar-refractivity contribution is 5.03. The van der Waals surface area contributed by atoms with Gasteiger partial charge >= 0.3 is 0 Å². The molecule has 0 amide bonds. The molecule has 1 N–H and O–H groups in total. The Hall–Kier alpha value is -0.800. The Morgan fingerprint density at radius 3 is 3.00 bits per heavy atom. The Morgan fingerprint density at radius 1 is 1.47 bits per heavy atom. The van der Waals surface area contributed by atoms with E-state index in [1.807, 2.05) is 6.07 Å². The maximum absolute atomic E-state index is 5.53. The molecule has 0 aliphatic carbocycles. The third kappa shape index (κ3) is 3.33. The number of hydrogen-bond acceptors (Lipinski definition) is 3. The van der Waals surface area contributed by atoms with E-state index in [1.54, 1.807) is 6.26 Å². The summed E-state index contributed by atoms with van der Waals surface area (Å²) < 4.78 is 5.53. The van der Waals surface area contributed by atoms with Crippen LogP contribution in [0.4, 0.5) is 0 Å². The Bertz CT molecular complexity index is 323. The fourth-order valence-corrected chi connectivity index (χ4v) is 2.48. The Labute approximate surface area is 104 Å². The van der Waals surface area contributed by atoms with Crippen LogP contribution in [0, 0.1) is 5.92 Å². The molecular weight excluding hydrogens is 212 g/mol. The lowest BCUT2D eigenvalue weighted by Gasteiger charge is -2.34. The van der Waals surface area contributed by atoms with Gasteiger partial charge in [0.15, 0.2) is 0 Å². The van der Waals surface area contributed by atoms with E-state index >= 15 is 0 Å². The van der Waals surface area contributed by atoms with Crippen LogP contribution < -0.4 is 5.32 Å². The lowest BCUT2D eigenvalue weighted by Crippen LogP contribution is -2.43. The van der Waals surface area contributed by atoms with E-state index in [2.05, 4.69) is 37.1 Å². The summed E-state index contributed by atoms with van der Waals surface area (Å²) in [6.45, 7) is 10.2. The second-order valence-electron chi connectivity index (χ2n) is 5.39. The first-order valence-electron chi connectivity index (χ1n) is 6.67. The van der Waals surface area contributed by atoms with Crippen LogP contribution in [0.5, 0.6) is 0 Å². The molecule has 0 aromatic carbocycles. The predicted octanol–water partition coefficient (Wildman–Crippen LogP) is 2.66. The molecule has 96 valence electrons. The molecule has 1 fully saturated rings. The van der Waals surface area contributed by atoms with Crippen LogP contribution in [0.3, 0.4) is 0 Å². The van der Waals surface area contributed by atoms with Crippen molar-refractivity contribution in [3.8, 4) is 0 Å². The van der Waals surface area contributed by atoms with Crippen molar-refractivity contribution in [3.63, 3.8) is 0 Å². The first-order chi connectivity index (χ1) is 8.16. The summed E-state index contributed by atoms with van der Waals surface area (Å²) in [6.07, 6.45) is 2.97. The van der Waals surface area contributed by atoms with Crippen molar-refractivity contribution < 1.29 is 4.42 Å². The van der Waals surface area contributed by atoms with Gasteiger partial charge < -0.3 is 9.73 Å². The van der Waals surface area contributed by atoms with Gasteiger partial charge in [-0.15, -0.1) is 0 Å². The van der Waals surface area contributed by atoms with Crippen molar-refractivity contribution in [1.82, 2.24) is 10.2 Å². The minimum Gasteiger partial charge on any atom is -0.468 e. The largest absolute Gasteiger partial charge is 0.468 e. The fraction of sp³-hybridized carbons (Fsp3) is 0.714. The summed E-state index contributed by atoms with van der Waals surface area (Å²) in [5, 5.41) is 3.58. The maximum Gasteiger partial charge on any atom is 0.120 e. The molecule has 1 saturated heterocycles. The molecule has 0 bridgehead atoms. The normalized spacial score (nSPS) is 29.6. The number of furan rings is 1. The van der Waals surface area contributed by atoms with Gasteiger partial charge in [0.1, 0.15) is 5.76 Å². The second kappa shape index (κ2) is 5.69. The van der Waals surface area contributed by atoms with Gasteiger partial charge in [-0.1, -0.05) is 6.92 Å². The first kappa shape index (κ1) is 12.7. The van der Waals surface area contributed by atoms with Gasteiger partial charge in [-0.3, -0.25) is 4.90 Å². The van der Waals surface area contributed by atoms with Crippen LogP contribution in [0.2, 0.25) is 0 Å². The van der Waals surface area contributed by atoms with Gasteiger partial charge in [-0.05, 0) is 44.9 Å². The summed E-state index contributed by atoms with van der Waals surface area (Å²) in [5.41, 5.74) is 0. The van der Waals surface area contributed by atoms with Crippen molar-refractivity contribution in [2.24, 2.45) is 5.92 Å². The summed E-state index contributed by atoms with van der Waals surface area (Å²) in [6, 6.07) is 5.06. The summed E-state index contributed by atoms with van der Waals surface area (Å²) in [4.78, 5) is 2.54. The smallest absolute Gasteiger partial charge is 0.120 e. The molecule has 1 aliphatic rings. The number of rotatable bonds is 2. The quantitative estimate of drug-likeness (QED) is 0.855. The average molecular weight is 236 g/mol. The lowest BCUT2D eigenvalue weighted by atomic mass is 10.0.